The fourth-order valence-electron chi connectivity index (χ4n) is 0.736. The van der Waals surface area contributed by atoms with Crippen LogP contribution < -0.4 is 0 Å². The van der Waals surface area contributed by atoms with Crippen molar-refractivity contribution in [1.29, 1.82) is 0 Å². The number of aromatic nitrogens is 1. The Morgan fingerprint density at radius 2 is 2.00 bits per heavy atom. The molecule has 0 aromatic carbocycles. The van der Waals surface area contributed by atoms with Crippen LogP contribution in [0.3, 0.4) is 0 Å². The van der Waals surface area contributed by atoms with E-state index in [1.807, 2.05) is 36.0 Å². The van der Waals surface area contributed by atoms with Gasteiger partial charge in [-0.25, -0.2) is 0 Å². The largest absolute Gasteiger partial charge is 0.394 e. The number of hydrogen-bond acceptors (Lipinski definition) is 1. The molecule has 0 radical (unpaired) electrons. The van der Waals surface area contributed by atoms with Crippen LogP contribution in [0, 0.1) is 0 Å². The van der Waals surface area contributed by atoms with Crippen molar-refractivity contribution >= 4 is 0 Å². The quantitative estimate of drug-likeness (QED) is 0.627. The summed E-state index contributed by atoms with van der Waals surface area (Å²) in [6, 6.07) is 4.11. The van der Waals surface area contributed by atoms with Crippen molar-refractivity contribution in [3.63, 3.8) is 0 Å². The van der Waals surface area contributed by atoms with Crippen LogP contribution >= 0.6 is 0 Å². The van der Waals surface area contributed by atoms with Crippen LogP contribution in [0.15, 0.2) is 24.5 Å². The topological polar surface area (TPSA) is 25.2 Å². The highest BCUT2D eigenvalue weighted by molar-refractivity contribution is 4.92. The van der Waals surface area contributed by atoms with Gasteiger partial charge in [-0.2, -0.15) is 0 Å². The van der Waals surface area contributed by atoms with Gasteiger partial charge >= 0.3 is 0 Å². The molecule has 2 nitrogen and oxygen atoms in total. The van der Waals surface area contributed by atoms with Crippen molar-refractivity contribution < 1.29 is 5.11 Å². The first kappa shape index (κ1) is 6.36. The summed E-state index contributed by atoms with van der Waals surface area (Å²) in [5, 5.41) is 8.69. The molecule has 0 saturated carbocycles. The molecule has 0 aliphatic heterocycles. The zero-order valence-corrected chi connectivity index (χ0v) is 5.49. The van der Waals surface area contributed by atoms with Gasteiger partial charge in [0.2, 0.25) is 0 Å². The van der Waals surface area contributed by atoms with Crippen LogP contribution in [0.5, 0.6) is 0 Å². The molecule has 9 heavy (non-hydrogen) atoms. The molecule has 1 rings (SSSR count). The summed E-state index contributed by atoms with van der Waals surface area (Å²) in [7, 11) is 0. The molecule has 1 atom stereocenters. The van der Waals surface area contributed by atoms with E-state index in [0.717, 1.165) is 0 Å². The minimum Gasteiger partial charge on any atom is -0.394 e. The van der Waals surface area contributed by atoms with Crippen LogP contribution in [0.25, 0.3) is 0 Å². The second-order valence-corrected chi connectivity index (χ2v) is 2.16. The summed E-state index contributed by atoms with van der Waals surface area (Å²) >= 11 is 0. The van der Waals surface area contributed by atoms with Gasteiger partial charge in [0.25, 0.3) is 0 Å². The normalized spacial score (nSPS) is 13.6. The number of rotatable bonds is 2. The summed E-state index contributed by atoms with van der Waals surface area (Å²) < 4.78 is 1.97. The SMILES string of the molecule is CC(CO)n1cccc1. The zero-order valence-electron chi connectivity index (χ0n) is 5.49. The molecular formula is C7H11NO. The number of nitrogens with zero attached hydrogens (tertiary/aromatic N) is 1. The molecular weight excluding hydrogens is 114 g/mol. The lowest BCUT2D eigenvalue weighted by atomic mass is 10.4. The molecule has 0 bridgehead atoms. The lowest BCUT2D eigenvalue weighted by Gasteiger charge is -2.08. The lowest BCUT2D eigenvalue weighted by molar-refractivity contribution is 0.239. The summed E-state index contributed by atoms with van der Waals surface area (Å²) in [5.41, 5.74) is 0. The van der Waals surface area contributed by atoms with E-state index in [9.17, 15) is 0 Å². The Labute approximate surface area is 54.7 Å². The number of hydrogen-bond donors (Lipinski definition) is 1. The van der Waals surface area contributed by atoms with E-state index < -0.39 is 0 Å². The standard InChI is InChI=1S/C7H11NO/c1-7(6-9)8-4-2-3-5-8/h2-5,7,9H,6H2,1H3. The van der Waals surface area contributed by atoms with E-state index in [0.29, 0.717) is 0 Å². The molecule has 1 aromatic rings. The van der Waals surface area contributed by atoms with Crippen molar-refractivity contribution in [3.8, 4) is 0 Å². The number of aliphatic hydroxyl groups excluding tert-OH is 1. The third kappa shape index (κ3) is 1.33. The molecule has 1 unspecified atom stereocenters. The van der Waals surface area contributed by atoms with Crippen molar-refractivity contribution in [2.45, 2.75) is 13.0 Å². The molecule has 1 aromatic heterocycles. The Hall–Kier alpha value is -0.760. The third-order valence-electron chi connectivity index (χ3n) is 1.40. The second-order valence-electron chi connectivity index (χ2n) is 2.16. The van der Waals surface area contributed by atoms with Crippen LogP contribution in [0.4, 0.5) is 0 Å². The molecule has 2 heteroatoms. The fourth-order valence-corrected chi connectivity index (χ4v) is 0.736. The van der Waals surface area contributed by atoms with E-state index in [1.165, 1.54) is 0 Å². The molecule has 0 fully saturated rings. The van der Waals surface area contributed by atoms with Crippen molar-refractivity contribution in [3.05, 3.63) is 24.5 Å². The van der Waals surface area contributed by atoms with Gasteiger partial charge in [-0.3, -0.25) is 0 Å². The van der Waals surface area contributed by atoms with Gasteiger partial charge < -0.3 is 9.67 Å². The first-order chi connectivity index (χ1) is 4.34. The van der Waals surface area contributed by atoms with Gasteiger partial charge in [-0.05, 0) is 19.1 Å². The van der Waals surface area contributed by atoms with Crippen LogP contribution in [0.1, 0.15) is 13.0 Å². The van der Waals surface area contributed by atoms with Gasteiger partial charge in [0, 0.05) is 12.4 Å². The maximum absolute atomic E-state index is 8.69. The van der Waals surface area contributed by atoms with E-state index in [1.54, 1.807) is 0 Å². The zero-order chi connectivity index (χ0) is 6.69. The monoisotopic (exact) mass is 125 g/mol. The van der Waals surface area contributed by atoms with Crippen LogP contribution in [0.2, 0.25) is 0 Å². The first-order valence-electron chi connectivity index (χ1n) is 3.08. The smallest absolute Gasteiger partial charge is 0.0636 e. The summed E-state index contributed by atoms with van der Waals surface area (Å²) in [6.45, 7) is 2.18. The van der Waals surface area contributed by atoms with Crippen molar-refractivity contribution in [2.75, 3.05) is 6.61 Å². The molecule has 0 spiro atoms. The molecule has 0 aliphatic rings. The number of aliphatic hydroxyl groups is 1. The van der Waals surface area contributed by atoms with Crippen LogP contribution in [-0.4, -0.2) is 16.3 Å². The minimum atomic E-state index is 0.203. The summed E-state index contributed by atoms with van der Waals surface area (Å²) in [4.78, 5) is 0. The highest BCUT2D eigenvalue weighted by Gasteiger charge is 1.97. The van der Waals surface area contributed by atoms with Crippen LogP contribution in [-0.2, 0) is 0 Å². The molecule has 0 saturated heterocycles. The Kier molecular flexibility index (Phi) is 1.90. The van der Waals surface area contributed by atoms with Gasteiger partial charge in [-0.1, -0.05) is 0 Å². The maximum atomic E-state index is 8.69. The van der Waals surface area contributed by atoms with Gasteiger partial charge in [0.15, 0.2) is 0 Å². The predicted molar refractivity (Wildman–Crippen MR) is 36.2 cm³/mol. The van der Waals surface area contributed by atoms with E-state index in [2.05, 4.69) is 0 Å². The maximum Gasteiger partial charge on any atom is 0.0636 e. The summed E-state index contributed by atoms with van der Waals surface area (Å²) in [5.74, 6) is 0. The van der Waals surface area contributed by atoms with E-state index >= 15 is 0 Å². The van der Waals surface area contributed by atoms with Gasteiger partial charge in [0.1, 0.15) is 0 Å². The Morgan fingerprint density at radius 3 is 2.44 bits per heavy atom. The summed E-state index contributed by atoms with van der Waals surface area (Å²) in [6.07, 6.45) is 3.89. The fraction of sp³-hybridized carbons (Fsp3) is 0.429. The Morgan fingerprint density at radius 1 is 1.44 bits per heavy atom. The minimum absolute atomic E-state index is 0.203. The predicted octanol–water partition coefficient (Wildman–Crippen LogP) is 1.04. The molecule has 0 amide bonds. The average Bonchev–Trinajstić information content (AvgIpc) is 2.37. The van der Waals surface area contributed by atoms with Gasteiger partial charge in [0.05, 0.1) is 12.6 Å². The van der Waals surface area contributed by atoms with Crippen molar-refractivity contribution in [1.82, 2.24) is 4.57 Å². The lowest BCUT2D eigenvalue weighted by Crippen LogP contribution is -2.05. The van der Waals surface area contributed by atoms with Crippen molar-refractivity contribution in [2.24, 2.45) is 0 Å². The second kappa shape index (κ2) is 2.69. The first-order valence-corrected chi connectivity index (χ1v) is 3.08. The average molecular weight is 125 g/mol. The van der Waals surface area contributed by atoms with Gasteiger partial charge in [-0.15, -0.1) is 0 Å². The Balaban J connectivity index is 2.65. The van der Waals surface area contributed by atoms with E-state index in [-0.39, 0.29) is 12.6 Å². The molecule has 0 aliphatic carbocycles. The highest BCUT2D eigenvalue weighted by atomic mass is 16.3. The Bertz CT molecular complexity index is 157. The van der Waals surface area contributed by atoms with E-state index in [4.69, 9.17) is 5.11 Å². The molecule has 50 valence electrons. The highest BCUT2D eigenvalue weighted by Crippen LogP contribution is 2.02. The molecule has 1 heterocycles. The molecule has 1 N–H and O–H groups in total. The third-order valence-corrected chi connectivity index (χ3v) is 1.40.